The lowest BCUT2D eigenvalue weighted by atomic mass is 10.1. The van der Waals surface area contributed by atoms with Crippen molar-refractivity contribution in [2.24, 2.45) is 0 Å². The Kier molecular flexibility index (Phi) is 10.4. The zero-order chi connectivity index (χ0) is 25.1. The summed E-state index contributed by atoms with van der Waals surface area (Å²) in [6, 6.07) is 0. The molecule has 0 aromatic carbocycles. The Morgan fingerprint density at radius 1 is 1.17 bits per heavy atom. The highest BCUT2D eigenvalue weighted by Gasteiger charge is 2.37. The van der Waals surface area contributed by atoms with Gasteiger partial charge in [0.1, 0.15) is 12.7 Å². The van der Waals surface area contributed by atoms with Gasteiger partial charge in [-0.2, -0.15) is 0 Å². The first-order valence-corrected chi connectivity index (χ1v) is 12.6. The predicted molar refractivity (Wildman–Crippen MR) is 127 cm³/mol. The minimum atomic E-state index is -0.588. The van der Waals surface area contributed by atoms with Gasteiger partial charge in [0, 0.05) is 19.0 Å². The molecule has 1 fully saturated rings. The van der Waals surface area contributed by atoms with Crippen LogP contribution in [0.3, 0.4) is 0 Å². The number of carbonyl (C=O) groups excluding carboxylic acids is 1. The number of unbranched alkanes of at least 4 members (excludes halogenated alkanes) is 8. The van der Waals surface area contributed by atoms with Crippen molar-refractivity contribution in [1.29, 1.82) is 0 Å². The van der Waals surface area contributed by atoms with Crippen LogP contribution in [0.5, 0.6) is 0 Å². The number of nitrogens with zero attached hydrogens (tertiary/aromatic N) is 2. The van der Waals surface area contributed by atoms with Crippen molar-refractivity contribution in [3.05, 3.63) is 45.7 Å². The summed E-state index contributed by atoms with van der Waals surface area (Å²) in [5, 5.41) is 15.6. The Morgan fingerprint density at radius 3 is 2.51 bits per heavy atom. The molecule has 0 spiro atoms. The van der Waals surface area contributed by atoms with E-state index < -0.39 is 10.7 Å². The number of ether oxygens (including phenoxy) is 3. The molecule has 3 aliphatic heterocycles. The van der Waals surface area contributed by atoms with Gasteiger partial charge in [0.05, 0.1) is 18.5 Å². The van der Waals surface area contributed by atoms with Gasteiger partial charge in [0.2, 0.25) is 5.70 Å². The first-order chi connectivity index (χ1) is 16.9. The number of esters is 1. The van der Waals surface area contributed by atoms with Crippen LogP contribution in [0.15, 0.2) is 35.6 Å². The summed E-state index contributed by atoms with van der Waals surface area (Å²) < 4.78 is 16.4. The molecule has 2 N–H and O–H groups in total. The Bertz CT molecular complexity index is 825. The fourth-order valence-corrected chi connectivity index (χ4v) is 4.15. The lowest BCUT2D eigenvalue weighted by molar-refractivity contribution is -0.465. The number of hydrogen-bond donors (Lipinski definition) is 2. The number of allylic oxidation sites excluding steroid dienone is 2. The molecule has 1 atom stereocenters. The summed E-state index contributed by atoms with van der Waals surface area (Å²) in [5.74, 6) is -0.874. The van der Waals surface area contributed by atoms with E-state index in [1.165, 1.54) is 36.8 Å². The summed E-state index contributed by atoms with van der Waals surface area (Å²) in [5.41, 5.74) is 3.96. The molecule has 0 radical (unpaired) electrons. The fraction of sp³-hybridized carbons (Fsp3) is 0.708. The average Bonchev–Trinajstić information content (AvgIpc) is 3.44. The van der Waals surface area contributed by atoms with E-state index in [0.29, 0.717) is 18.7 Å². The molecule has 35 heavy (non-hydrogen) atoms. The Balaban J connectivity index is 1.12. The number of rotatable bonds is 16. The minimum Gasteiger partial charge on any atom is -0.463 e. The summed E-state index contributed by atoms with van der Waals surface area (Å²) in [6.45, 7) is 5.23. The highest BCUT2D eigenvalue weighted by atomic mass is 16.8. The molecular weight excluding hydrogens is 456 g/mol. The van der Waals surface area contributed by atoms with Crippen LogP contribution in [-0.4, -0.2) is 47.6 Å². The topological polar surface area (TPSA) is 124 Å². The monoisotopic (exact) mass is 494 g/mol. The standard InChI is InChI=1S/C24H38N4O7/c1-24(2)33-18-19(34-24)17-32-23(29)12-10-8-6-4-3-5-7-9-11-15-25-20-13-14-22(28(30)31)27-21(20)16-26-35-27/h13-14,16,19,25-26H,3-12,15,17-18H2,1-2H3/t19-/m0/s1. The Labute approximate surface area is 206 Å². The first kappa shape index (κ1) is 27.0. The number of nitro groups is 1. The molecule has 1 saturated heterocycles. The van der Waals surface area contributed by atoms with Gasteiger partial charge < -0.3 is 29.6 Å². The highest BCUT2D eigenvalue weighted by Crippen LogP contribution is 2.27. The molecule has 3 heterocycles. The number of nitrogens with one attached hydrogen (secondary N) is 2. The van der Waals surface area contributed by atoms with E-state index in [1.807, 2.05) is 13.8 Å². The summed E-state index contributed by atoms with van der Waals surface area (Å²) in [4.78, 5) is 27.5. The van der Waals surface area contributed by atoms with Crippen LogP contribution in [0.1, 0.15) is 78.1 Å². The van der Waals surface area contributed by atoms with Crippen molar-refractivity contribution in [3.8, 4) is 0 Å². The molecule has 0 unspecified atom stereocenters. The largest absolute Gasteiger partial charge is 0.463 e. The molecule has 3 rings (SSSR count). The number of hydrogen-bond acceptors (Lipinski definition) is 10. The van der Waals surface area contributed by atoms with E-state index in [-0.39, 0.29) is 24.5 Å². The van der Waals surface area contributed by atoms with Gasteiger partial charge in [-0.3, -0.25) is 4.79 Å². The van der Waals surface area contributed by atoms with E-state index in [1.54, 1.807) is 12.3 Å². The molecule has 0 amide bonds. The molecule has 0 saturated carbocycles. The second kappa shape index (κ2) is 13.5. The van der Waals surface area contributed by atoms with Crippen molar-refractivity contribution in [2.45, 2.75) is 89.9 Å². The normalized spacial score (nSPS) is 20.5. The molecule has 196 valence electrons. The van der Waals surface area contributed by atoms with Crippen LogP contribution >= 0.6 is 0 Å². The highest BCUT2D eigenvalue weighted by molar-refractivity contribution is 5.69. The maximum Gasteiger partial charge on any atom is 0.355 e. The maximum atomic E-state index is 11.8. The Morgan fingerprint density at radius 2 is 1.86 bits per heavy atom. The quantitative estimate of drug-likeness (QED) is 0.142. The van der Waals surface area contributed by atoms with E-state index in [2.05, 4.69) is 10.8 Å². The SMILES string of the molecule is CC1(C)OC[C@H](COC(=O)CCCCCCCCCCCNC2=CC=C([N+](=O)[O-])N3ONC=C23)O1. The molecule has 11 nitrogen and oxygen atoms in total. The molecule has 0 aromatic rings. The van der Waals surface area contributed by atoms with Gasteiger partial charge in [0.25, 0.3) is 0 Å². The summed E-state index contributed by atoms with van der Waals surface area (Å²) in [7, 11) is 0. The zero-order valence-electron chi connectivity index (χ0n) is 20.8. The smallest absolute Gasteiger partial charge is 0.355 e. The fourth-order valence-electron chi connectivity index (χ4n) is 4.15. The van der Waals surface area contributed by atoms with E-state index in [0.717, 1.165) is 44.3 Å². The van der Waals surface area contributed by atoms with Crippen molar-refractivity contribution < 1.29 is 28.9 Å². The van der Waals surface area contributed by atoms with Gasteiger partial charge >= 0.3 is 11.8 Å². The third-order valence-electron chi connectivity index (χ3n) is 6.00. The predicted octanol–water partition coefficient (Wildman–Crippen LogP) is 3.78. The summed E-state index contributed by atoms with van der Waals surface area (Å²) >= 11 is 0. The molecule has 0 bridgehead atoms. The zero-order valence-corrected chi connectivity index (χ0v) is 20.8. The Hall–Kier alpha value is -2.63. The van der Waals surface area contributed by atoms with Crippen LogP contribution in [0.4, 0.5) is 0 Å². The molecule has 0 aromatic heterocycles. The van der Waals surface area contributed by atoms with Gasteiger partial charge in [-0.1, -0.05) is 49.9 Å². The molecule has 0 aliphatic carbocycles. The van der Waals surface area contributed by atoms with Crippen LogP contribution in [0.25, 0.3) is 0 Å². The third kappa shape index (κ3) is 8.83. The van der Waals surface area contributed by atoms with E-state index >= 15 is 0 Å². The van der Waals surface area contributed by atoms with Gasteiger partial charge in [-0.25, -0.2) is 5.48 Å². The third-order valence-corrected chi connectivity index (χ3v) is 6.00. The second-order valence-corrected chi connectivity index (χ2v) is 9.39. The lowest BCUT2D eigenvalue weighted by Gasteiger charge is -2.18. The molecular formula is C24H38N4O7. The van der Waals surface area contributed by atoms with Crippen molar-refractivity contribution in [3.63, 3.8) is 0 Å². The van der Waals surface area contributed by atoms with Crippen molar-refractivity contribution in [1.82, 2.24) is 15.9 Å². The van der Waals surface area contributed by atoms with E-state index in [4.69, 9.17) is 19.1 Å². The summed E-state index contributed by atoms with van der Waals surface area (Å²) in [6.07, 6.45) is 15.0. The van der Waals surface area contributed by atoms with Crippen LogP contribution < -0.4 is 10.8 Å². The maximum absolute atomic E-state index is 11.8. The van der Waals surface area contributed by atoms with Gasteiger partial charge in [-0.15, -0.1) is 0 Å². The van der Waals surface area contributed by atoms with Crippen molar-refractivity contribution in [2.75, 3.05) is 19.8 Å². The first-order valence-electron chi connectivity index (χ1n) is 12.6. The van der Waals surface area contributed by atoms with Crippen LogP contribution in [0, 0.1) is 10.1 Å². The average molecular weight is 495 g/mol. The number of fused-ring (bicyclic) bond motifs is 1. The van der Waals surface area contributed by atoms with Crippen LogP contribution in [-0.2, 0) is 23.9 Å². The lowest BCUT2D eigenvalue weighted by Crippen LogP contribution is -2.31. The molecule has 11 heteroatoms. The van der Waals surface area contributed by atoms with Gasteiger partial charge in [-0.05, 0) is 42.8 Å². The molecule has 3 aliphatic rings. The van der Waals surface area contributed by atoms with Crippen LogP contribution in [0.2, 0.25) is 0 Å². The minimum absolute atomic E-state index is 0.124. The van der Waals surface area contributed by atoms with Crippen molar-refractivity contribution >= 4 is 5.97 Å². The second-order valence-electron chi connectivity index (χ2n) is 9.39. The number of carbonyl (C=O) groups is 1. The number of hydroxylamine groups is 3. The van der Waals surface area contributed by atoms with Gasteiger partial charge in [0.15, 0.2) is 5.79 Å². The van der Waals surface area contributed by atoms with E-state index in [9.17, 15) is 14.9 Å².